The lowest BCUT2D eigenvalue weighted by Gasteiger charge is -2.36. The molecule has 0 N–H and O–H groups in total. The van der Waals surface area contributed by atoms with E-state index in [4.69, 9.17) is 4.74 Å². The molecule has 0 radical (unpaired) electrons. The third-order valence-corrected chi connectivity index (χ3v) is 5.60. The van der Waals surface area contributed by atoms with Gasteiger partial charge in [0.15, 0.2) is 6.10 Å². The zero-order valence-electron chi connectivity index (χ0n) is 9.91. The van der Waals surface area contributed by atoms with E-state index >= 15 is 0 Å². The second-order valence-corrected chi connectivity index (χ2v) is 6.16. The van der Waals surface area contributed by atoms with Gasteiger partial charge in [0.2, 0.25) is 6.04 Å². The van der Waals surface area contributed by atoms with Gasteiger partial charge in [0.05, 0.1) is 6.92 Å². The van der Waals surface area contributed by atoms with Crippen molar-refractivity contribution in [3.8, 4) is 0 Å². The van der Waals surface area contributed by atoms with Crippen LogP contribution < -0.4 is 0 Å². The summed E-state index contributed by atoms with van der Waals surface area (Å²) in [5.74, 6) is 1.07. The first kappa shape index (κ1) is 9.49. The van der Waals surface area contributed by atoms with Crippen LogP contribution in [0.25, 0.3) is 0 Å². The van der Waals surface area contributed by atoms with Crippen molar-refractivity contribution in [1.82, 2.24) is 0 Å². The van der Waals surface area contributed by atoms with E-state index < -0.39 is 0 Å². The van der Waals surface area contributed by atoms with Crippen LogP contribution in [0.15, 0.2) is 0 Å². The maximum absolute atomic E-state index is 12.0. The van der Waals surface area contributed by atoms with E-state index in [0.29, 0.717) is 11.8 Å². The third kappa shape index (κ3) is 0.787. The Morgan fingerprint density at radius 2 is 2.07 bits per heavy atom. The van der Waals surface area contributed by atoms with Crippen LogP contribution >= 0.6 is 0 Å². The third-order valence-electron chi connectivity index (χ3n) is 5.60. The molecule has 3 heteroatoms. The Labute approximate surface area is 90.7 Å². The van der Waals surface area contributed by atoms with Crippen molar-refractivity contribution in [3.05, 3.63) is 5.21 Å². The van der Waals surface area contributed by atoms with E-state index in [0.717, 1.165) is 4.74 Å². The Morgan fingerprint density at radius 3 is 2.67 bits per heavy atom. The maximum atomic E-state index is 12.0. The summed E-state index contributed by atoms with van der Waals surface area (Å²) >= 11 is 0. The molecule has 0 amide bonds. The van der Waals surface area contributed by atoms with E-state index in [2.05, 4.69) is 20.8 Å². The number of rotatable bonds is 0. The van der Waals surface area contributed by atoms with Gasteiger partial charge in [-0.05, 0) is 18.3 Å². The molecule has 3 nitrogen and oxygen atoms in total. The van der Waals surface area contributed by atoms with E-state index in [1.54, 1.807) is 6.92 Å². The first-order chi connectivity index (χ1) is 6.89. The van der Waals surface area contributed by atoms with Crippen molar-refractivity contribution < 1.29 is 9.48 Å². The summed E-state index contributed by atoms with van der Waals surface area (Å²) < 4.78 is 6.93. The molecule has 3 aliphatic rings. The van der Waals surface area contributed by atoms with Gasteiger partial charge in [-0.3, -0.25) is 0 Å². The molecule has 1 unspecified atom stereocenters. The van der Waals surface area contributed by atoms with Crippen molar-refractivity contribution in [3.63, 3.8) is 0 Å². The van der Waals surface area contributed by atoms with Crippen LogP contribution in [0, 0.1) is 22.0 Å². The Kier molecular flexibility index (Phi) is 1.48. The number of hydrogen-bond donors (Lipinski definition) is 0. The minimum atomic E-state index is 0.0822. The molecular weight excluding hydrogens is 190 g/mol. The van der Waals surface area contributed by atoms with Crippen LogP contribution in [-0.2, 0) is 4.74 Å². The molecule has 0 spiro atoms. The number of nitrogens with zero attached hydrogens (tertiary/aromatic N) is 1. The highest BCUT2D eigenvalue weighted by atomic mass is 16.6. The van der Waals surface area contributed by atoms with Gasteiger partial charge < -0.3 is 9.94 Å². The number of hydroxylamine groups is 1. The van der Waals surface area contributed by atoms with E-state index in [-0.39, 0.29) is 23.0 Å². The molecule has 4 atom stereocenters. The molecule has 84 valence electrons. The average molecular weight is 209 g/mol. The van der Waals surface area contributed by atoms with Crippen molar-refractivity contribution in [2.45, 2.75) is 52.7 Å². The zero-order chi connectivity index (χ0) is 11.0. The summed E-state index contributed by atoms with van der Waals surface area (Å²) in [6, 6.07) is 0.0822. The van der Waals surface area contributed by atoms with Gasteiger partial charge in [0, 0.05) is 11.3 Å². The van der Waals surface area contributed by atoms with Crippen LogP contribution in [0.4, 0.5) is 0 Å². The fraction of sp³-hybridized carbons (Fsp3) is 0.917. The molecule has 2 aliphatic carbocycles. The molecule has 2 fully saturated rings. The first-order valence-corrected chi connectivity index (χ1v) is 5.86. The summed E-state index contributed by atoms with van der Waals surface area (Å²) in [5, 5.41) is 12.0. The van der Waals surface area contributed by atoms with Crippen LogP contribution in [-0.4, -0.2) is 22.8 Å². The van der Waals surface area contributed by atoms with Gasteiger partial charge in [-0.15, -0.1) is 0 Å². The van der Waals surface area contributed by atoms with Crippen molar-refractivity contribution >= 4 is 5.90 Å². The highest BCUT2D eigenvalue weighted by Crippen LogP contribution is 2.67. The molecule has 1 aliphatic heterocycles. The average Bonchev–Trinajstić information content (AvgIpc) is 2.61. The molecule has 0 saturated heterocycles. The second-order valence-electron chi connectivity index (χ2n) is 6.16. The minimum absolute atomic E-state index is 0.0822. The summed E-state index contributed by atoms with van der Waals surface area (Å²) in [6.45, 7) is 8.69. The molecule has 0 aromatic heterocycles. The molecule has 0 aromatic carbocycles. The molecule has 3 rings (SSSR count). The van der Waals surface area contributed by atoms with Crippen molar-refractivity contribution in [2.24, 2.45) is 16.7 Å². The first-order valence-electron chi connectivity index (χ1n) is 5.86. The predicted molar refractivity (Wildman–Crippen MR) is 57.6 cm³/mol. The lowest BCUT2D eigenvalue weighted by Crippen LogP contribution is -2.40. The molecule has 1 heterocycles. The van der Waals surface area contributed by atoms with Crippen LogP contribution in [0.2, 0.25) is 0 Å². The Morgan fingerprint density at radius 1 is 1.40 bits per heavy atom. The van der Waals surface area contributed by atoms with Crippen molar-refractivity contribution in [2.75, 3.05) is 0 Å². The predicted octanol–water partition coefficient (Wildman–Crippen LogP) is 2.14. The Hall–Kier alpha value is -0.730. The molecular formula is C12H19NO2. The van der Waals surface area contributed by atoms with Gasteiger partial charge in [0.25, 0.3) is 0 Å². The monoisotopic (exact) mass is 209 g/mol. The highest BCUT2D eigenvalue weighted by molar-refractivity contribution is 5.69. The Bertz CT molecular complexity index is 361. The van der Waals surface area contributed by atoms with E-state index in [1.807, 2.05) is 0 Å². The lowest BCUT2D eigenvalue weighted by molar-refractivity contribution is -0.504. The summed E-state index contributed by atoms with van der Waals surface area (Å²) in [6.07, 6.45) is 2.51. The normalized spacial score (nSPS) is 50.8. The number of ether oxygens (including phenoxy) is 1. The fourth-order valence-corrected chi connectivity index (χ4v) is 4.19. The number of fused-ring (bicyclic) bond motifs is 5. The second kappa shape index (κ2) is 2.33. The fourth-order valence-electron chi connectivity index (χ4n) is 4.19. The van der Waals surface area contributed by atoms with Gasteiger partial charge in [-0.1, -0.05) is 20.8 Å². The minimum Gasteiger partial charge on any atom is -0.621 e. The highest BCUT2D eigenvalue weighted by Gasteiger charge is 2.73. The molecule has 2 saturated carbocycles. The zero-order valence-corrected chi connectivity index (χ0v) is 9.91. The SMILES string of the molecule is CC1=[N+]([O-])[C@@H]2C3CC[C@@](C)([C@@H]2O1)C3(C)C. The van der Waals surface area contributed by atoms with Crippen LogP contribution in [0.3, 0.4) is 0 Å². The molecule has 0 aromatic rings. The van der Waals surface area contributed by atoms with Gasteiger partial charge >= 0.3 is 5.90 Å². The summed E-state index contributed by atoms with van der Waals surface area (Å²) in [4.78, 5) is 0. The molecule has 2 bridgehead atoms. The van der Waals surface area contributed by atoms with Crippen molar-refractivity contribution in [1.29, 1.82) is 0 Å². The van der Waals surface area contributed by atoms with E-state index in [1.165, 1.54) is 12.8 Å². The van der Waals surface area contributed by atoms with Crippen LogP contribution in [0.5, 0.6) is 0 Å². The maximum Gasteiger partial charge on any atom is 0.345 e. The topological polar surface area (TPSA) is 35.3 Å². The Balaban J connectivity index is 2.10. The summed E-state index contributed by atoms with van der Waals surface area (Å²) in [5.41, 5.74) is 0.425. The number of hydrogen-bond acceptors (Lipinski definition) is 2. The van der Waals surface area contributed by atoms with Gasteiger partial charge in [-0.2, -0.15) is 4.74 Å². The van der Waals surface area contributed by atoms with Crippen LogP contribution in [0.1, 0.15) is 40.5 Å². The summed E-state index contributed by atoms with van der Waals surface area (Å²) in [7, 11) is 0. The lowest BCUT2D eigenvalue weighted by atomic mass is 9.70. The van der Waals surface area contributed by atoms with Gasteiger partial charge in [0.1, 0.15) is 0 Å². The standard InChI is InChI=1S/C12H19NO2/c1-7-13(14)9-8-5-6-12(4,10(9)15-7)11(8,2)3/h8-10H,5-6H2,1-4H3/t8?,9-,10-,12+/m1/s1. The largest absolute Gasteiger partial charge is 0.621 e. The quantitative estimate of drug-likeness (QED) is 0.452. The van der Waals surface area contributed by atoms with Gasteiger partial charge in [-0.25, -0.2) is 0 Å². The molecule has 15 heavy (non-hydrogen) atoms. The van der Waals surface area contributed by atoms with E-state index in [9.17, 15) is 5.21 Å². The smallest absolute Gasteiger partial charge is 0.345 e.